The topological polar surface area (TPSA) is 105 Å². The Labute approximate surface area is 141 Å². The van der Waals surface area contributed by atoms with E-state index in [0.29, 0.717) is 28.2 Å². The molecular weight excluding hydrogens is 329 g/mol. The van der Waals surface area contributed by atoms with Gasteiger partial charge >= 0.3 is 0 Å². The van der Waals surface area contributed by atoms with E-state index in [2.05, 4.69) is 20.3 Å². The first kappa shape index (κ1) is 15.9. The van der Waals surface area contributed by atoms with Crippen LogP contribution in [0.25, 0.3) is 11.2 Å². The Kier molecular flexibility index (Phi) is 3.83. The van der Waals surface area contributed by atoms with Gasteiger partial charge in [0.25, 0.3) is 0 Å². The van der Waals surface area contributed by atoms with Crippen molar-refractivity contribution in [3.8, 4) is 0 Å². The molecule has 9 heteroatoms. The summed E-state index contributed by atoms with van der Waals surface area (Å²) in [7, 11) is 0. The summed E-state index contributed by atoms with van der Waals surface area (Å²) in [6.07, 6.45) is -0.00543. The summed E-state index contributed by atoms with van der Waals surface area (Å²) < 4.78 is 20.7. The number of aliphatic hydroxyl groups is 2. The standard InChI is InChI=1S/C16H16FN5O3/c1-8-9(17)3-2-4-10(8)21-14-12-15(19-6-18-14)22(7-20-12)16-13(24)11(23)5-25-16/h2-4,6-7,11,13,16,23-24H,5H2,1H3,(H,18,19,21). The van der Waals surface area contributed by atoms with E-state index in [9.17, 15) is 14.6 Å². The predicted octanol–water partition coefficient (Wildman–Crippen LogP) is 1.27. The summed E-state index contributed by atoms with van der Waals surface area (Å²) in [6.45, 7) is 1.70. The van der Waals surface area contributed by atoms with Crippen LogP contribution >= 0.6 is 0 Å². The Morgan fingerprint density at radius 3 is 2.88 bits per heavy atom. The molecular formula is C16H16FN5O3. The lowest BCUT2D eigenvalue weighted by Crippen LogP contribution is -2.28. The highest BCUT2D eigenvalue weighted by molar-refractivity contribution is 5.85. The summed E-state index contributed by atoms with van der Waals surface area (Å²) in [5.74, 6) is 0.0859. The molecule has 25 heavy (non-hydrogen) atoms. The van der Waals surface area contributed by atoms with Crippen LogP contribution < -0.4 is 5.32 Å². The van der Waals surface area contributed by atoms with Crippen LogP contribution in [0.4, 0.5) is 15.9 Å². The smallest absolute Gasteiger partial charge is 0.167 e. The van der Waals surface area contributed by atoms with E-state index >= 15 is 0 Å². The number of imidazole rings is 1. The van der Waals surface area contributed by atoms with Crippen molar-refractivity contribution in [1.82, 2.24) is 19.5 Å². The molecule has 4 rings (SSSR count). The van der Waals surface area contributed by atoms with Crippen LogP contribution in [0.2, 0.25) is 0 Å². The molecule has 2 aromatic heterocycles. The van der Waals surface area contributed by atoms with Crippen molar-refractivity contribution in [2.24, 2.45) is 0 Å². The molecule has 0 aliphatic carbocycles. The highest BCUT2D eigenvalue weighted by Crippen LogP contribution is 2.30. The number of nitrogens with one attached hydrogen (secondary N) is 1. The van der Waals surface area contributed by atoms with Crippen LogP contribution in [0, 0.1) is 12.7 Å². The fourth-order valence-corrected chi connectivity index (χ4v) is 2.83. The Hall–Kier alpha value is -2.62. The maximum absolute atomic E-state index is 13.7. The molecule has 1 fully saturated rings. The number of halogens is 1. The van der Waals surface area contributed by atoms with Crippen LogP contribution in [0.15, 0.2) is 30.9 Å². The molecule has 0 spiro atoms. The first-order valence-corrected chi connectivity index (χ1v) is 7.73. The van der Waals surface area contributed by atoms with Gasteiger partial charge in [0.05, 0.1) is 12.9 Å². The fraction of sp³-hybridized carbons (Fsp3) is 0.312. The van der Waals surface area contributed by atoms with Crippen molar-refractivity contribution < 1.29 is 19.3 Å². The minimum Gasteiger partial charge on any atom is -0.388 e. The molecule has 0 saturated carbocycles. The van der Waals surface area contributed by atoms with Gasteiger partial charge in [0, 0.05) is 11.3 Å². The first-order valence-electron chi connectivity index (χ1n) is 7.73. The van der Waals surface area contributed by atoms with Crippen LogP contribution in [-0.4, -0.2) is 48.5 Å². The molecule has 130 valence electrons. The number of rotatable bonds is 3. The zero-order chi connectivity index (χ0) is 17.6. The van der Waals surface area contributed by atoms with Crippen LogP contribution in [0.3, 0.4) is 0 Å². The molecule has 1 aromatic carbocycles. The third kappa shape index (κ3) is 2.62. The molecule has 0 bridgehead atoms. The molecule has 1 aliphatic rings. The number of nitrogens with zero attached hydrogens (tertiary/aromatic N) is 4. The zero-order valence-corrected chi connectivity index (χ0v) is 13.3. The number of ether oxygens (including phenoxy) is 1. The largest absolute Gasteiger partial charge is 0.388 e. The van der Waals surface area contributed by atoms with Crippen molar-refractivity contribution in [3.05, 3.63) is 42.2 Å². The zero-order valence-electron chi connectivity index (χ0n) is 13.3. The van der Waals surface area contributed by atoms with Crippen molar-refractivity contribution in [2.45, 2.75) is 25.4 Å². The van der Waals surface area contributed by atoms with Crippen molar-refractivity contribution in [2.75, 3.05) is 11.9 Å². The van der Waals surface area contributed by atoms with Crippen LogP contribution in [0.5, 0.6) is 0 Å². The molecule has 0 amide bonds. The monoisotopic (exact) mass is 345 g/mol. The van der Waals surface area contributed by atoms with Gasteiger partial charge in [-0.15, -0.1) is 0 Å². The summed E-state index contributed by atoms with van der Waals surface area (Å²) in [5.41, 5.74) is 1.92. The Morgan fingerprint density at radius 2 is 2.12 bits per heavy atom. The molecule has 3 unspecified atom stereocenters. The molecule has 1 aliphatic heterocycles. The third-order valence-corrected chi connectivity index (χ3v) is 4.28. The molecule has 3 aromatic rings. The Bertz CT molecular complexity index is 931. The number of fused-ring (bicyclic) bond motifs is 1. The van der Waals surface area contributed by atoms with Crippen molar-refractivity contribution in [1.29, 1.82) is 0 Å². The van der Waals surface area contributed by atoms with E-state index in [0.717, 1.165) is 0 Å². The number of hydrogen-bond acceptors (Lipinski definition) is 7. The van der Waals surface area contributed by atoms with E-state index in [1.807, 2.05) is 0 Å². The normalized spacial score (nSPS) is 23.3. The lowest BCUT2D eigenvalue weighted by Gasteiger charge is -2.16. The van der Waals surface area contributed by atoms with Crippen molar-refractivity contribution >= 4 is 22.7 Å². The highest BCUT2D eigenvalue weighted by Gasteiger charge is 2.37. The highest BCUT2D eigenvalue weighted by atomic mass is 19.1. The van der Waals surface area contributed by atoms with Gasteiger partial charge in [-0.3, -0.25) is 4.57 Å². The second-order valence-corrected chi connectivity index (χ2v) is 5.87. The van der Waals surface area contributed by atoms with Gasteiger partial charge in [-0.2, -0.15) is 0 Å². The van der Waals surface area contributed by atoms with E-state index in [1.54, 1.807) is 23.6 Å². The average Bonchev–Trinajstić information content (AvgIpc) is 3.17. The van der Waals surface area contributed by atoms with Gasteiger partial charge < -0.3 is 20.3 Å². The summed E-state index contributed by atoms with van der Waals surface area (Å²) in [4.78, 5) is 12.6. The first-order chi connectivity index (χ1) is 12.1. The number of aliphatic hydroxyl groups excluding tert-OH is 2. The number of aromatic nitrogens is 4. The van der Waals surface area contributed by atoms with E-state index in [4.69, 9.17) is 4.74 Å². The lowest BCUT2D eigenvalue weighted by atomic mass is 10.2. The Morgan fingerprint density at radius 1 is 1.28 bits per heavy atom. The van der Waals surface area contributed by atoms with Gasteiger partial charge in [0.1, 0.15) is 24.4 Å². The summed E-state index contributed by atoms with van der Waals surface area (Å²) in [6, 6.07) is 4.73. The van der Waals surface area contributed by atoms with E-state index < -0.39 is 18.4 Å². The lowest BCUT2D eigenvalue weighted by molar-refractivity contribution is -0.0162. The van der Waals surface area contributed by atoms with E-state index in [1.165, 1.54) is 18.7 Å². The molecule has 8 nitrogen and oxygen atoms in total. The maximum atomic E-state index is 13.7. The molecule has 1 saturated heterocycles. The minimum atomic E-state index is -1.07. The number of benzene rings is 1. The molecule has 3 atom stereocenters. The number of hydrogen-bond donors (Lipinski definition) is 3. The Balaban J connectivity index is 1.73. The minimum absolute atomic E-state index is 0.0319. The second kappa shape index (κ2) is 6.03. The summed E-state index contributed by atoms with van der Waals surface area (Å²) in [5, 5.41) is 22.8. The number of anilines is 2. The van der Waals surface area contributed by atoms with Gasteiger partial charge in [-0.05, 0) is 19.1 Å². The predicted molar refractivity (Wildman–Crippen MR) is 86.7 cm³/mol. The van der Waals surface area contributed by atoms with Crippen LogP contribution in [0.1, 0.15) is 11.8 Å². The van der Waals surface area contributed by atoms with Gasteiger partial charge in [-0.25, -0.2) is 19.3 Å². The van der Waals surface area contributed by atoms with E-state index in [-0.39, 0.29) is 12.4 Å². The third-order valence-electron chi connectivity index (χ3n) is 4.28. The van der Waals surface area contributed by atoms with Gasteiger partial charge in [0.2, 0.25) is 0 Å². The second-order valence-electron chi connectivity index (χ2n) is 5.87. The van der Waals surface area contributed by atoms with Gasteiger partial charge in [0.15, 0.2) is 23.2 Å². The molecule has 3 heterocycles. The molecule has 3 N–H and O–H groups in total. The van der Waals surface area contributed by atoms with Crippen molar-refractivity contribution in [3.63, 3.8) is 0 Å². The quantitative estimate of drug-likeness (QED) is 0.656. The summed E-state index contributed by atoms with van der Waals surface area (Å²) >= 11 is 0. The van der Waals surface area contributed by atoms with Crippen LogP contribution in [-0.2, 0) is 4.74 Å². The van der Waals surface area contributed by atoms with Gasteiger partial charge in [-0.1, -0.05) is 6.07 Å². The molecule has 0 radical (unpaired) electrons. The SMILES string of the molecule is Cc1c(F)cccc1Nc1ncnc2c1ncn2C1OCC(O)C1O. The average molecular weight is 345 g/mol. The maximum Gasteiger partial charge on any atom is 0.167 e. The fourth-order valence-electron chi connectivity index (χ4n) is 2.83.